The summed E-state index contributed by atoms with van der Waals surface area (Å²) in [6, 6.07) is 8.35. The number of hydrogen-bond acceptors (Lipinski definition) is 2. The maximum absolute atomic E-state index is 6.36. The molecular weight excluding hydrogens is 244 g/mol. The minimum Gasteiger partial charge on any atom is -0.311 e. The zero-order valence-corrected chi connectivity index (χ0v) is 12.9. The van der Waals surface area contributed by atoms with Crippen LogP contribution in [0.3, 0.4) is 0 Å². The van der Waals surface area contributed by atoms with Crippen LogP contribution in [0.4, 0.5) is 0 Å². The maximum atomic E-state index is 6.36. The molecule has 1 atom stereocenters. The monoisotopic (exact) mass is 268 g/mol. The van der Waals surface area contributed by atoms with Crippen molar-refractivity contribution in [1.82, 2.24) is 10.2 Å². The third kappa shape index (κ3) is 2.71. The van der Waals surface area contributed by atoms with Gasteiger partial charge in [0.1, 0.15) is 0 Å². The first-order valence-electron chi connectivity index (χ1n) is 6.62. The molecule has 1 unspecified atom stereocenters. The van der Waals surface area contributed by atoms with Crippen molar-refractivity contribution in [3.8, 4) is 0 Å². The Morgan fingerprint density at radius 3 is 2.17 bits per heavy atom. The second kappa shape index (κ2) is 6.55. The molecule has 0 aliphatic rings. The number of benzene rings is 1. The average Bonchev–Trinajstić information content (AvgIpc) is 2.37. The number of halogens is 1. The van der Waals surface area contributed by atoms with Gasteiger partial charge in [-0.1, -0.05) is 43.6 Å². The molecule has 0 amide bonds. The Morgan fingerprint density at radius 2 is 1.78 bits per heavy atom. The van der Waals surface area contributed by atoms with Crippen molar-refractivity contribution in [2.75, 3.05) is 21.1 Å². The summed E-state index contributed by atoms with van der Waals surface area (Å²) < 4.78 is 0. The predicted molar refractivity (Wildman–Crippen MR) is 80.3 cm³/mol. The van der Waals surface area contributed by atoms with Crippen molar-refractivity contribution in [3.05, 3.63) is 34.9 Å². The van der Waals surface area contributed by atoms with Gasteiger partial charge in [-0.25, -0.2) is 0 Å². The molecule has 1 N–H and O–H groups in total. The molecule has 0 radical (unpaired) electrons. The third-order valence-electron chi connectivity index (χ3n) is 4.16. The van der Waals surface area contributed by atoms with Gasteiger partial charge in [-0.3, -0.25) is 0 Å². The third-order valence-corrected chi connectivity index (χ3v) is 4.50. The van der Waals surface area contributed by atoms with Crippen molar-refractivity contribution < 1.29 is 0 Å². The summed E-state index contributed by atoms with van der Waals surface area (Å²) in [4.78, 5) is 2.32. The van der Waals surface area contributed by atoms with Gasteiger partial charge in [-0.05, 0) is 45.6 Å². The van der Waals surface area contributed by atoms with Crippen molar-refractivity contribution >= 4 is 11.6 Å². The van der Waals surface area contributed by atoms with Gasteiger partial charge in [0, 0.05) is 10.6 Å². The summed E-state index contributed by atoms with van der Waals surface area (Å²) in [6.07, 6.45) is 2.15. The topological polar surface area (TPSA) is 15.3 Å². The van der Waals surface area contributed by atoms with Crippen LogP contribution in [0.1, 0.15) is 38.3 Å². The highest BCUT2D eigenvalue weighted by atomic mass is 35.5. The summed E-state index contributed by atoms with van der Waals surface area (Å²) in [5.41, 5.74) is 1.26. The molecule has 0 aliphatic heterocycles. The van der Waals surface area contributed by atoms with Crippen LogP contribution < -0.4 is 5.32 Å². The van der Waals surface area contributed by atoms with Gasteiger partial charge >= 0.3 is 0 Å². The van der Waals surface area contributed by atoms with Crippen LogP contribution in [0.5, 0.6) is 0 Å². The Morgan fingerprint density at radius 1 is 1.22 bits per heavy atom. The molecule has 0 aliphatic carbocycles. The number of hydrogen-bond donors (Lipinski definition) is 1. The lowest BCUT2D eigenvalue weighted by atomic mass is 9.79. The standard InChI is InChI=1S/C15H25ClN2/c1-6-15(7-2,18(4)5)14(17-3)12-10-8-9-11-13(12)16/h8-11,14,17H,6-7H2,1-5H3. The van der Waals surface area contributed by atoms with E-state index in [1.807, 2.05) is 19.2 Å². The van der Waals surface area contributed by atoms with Gasteiger partial charge in [0.2, 0.25) is 0 Å². The quantitative estimate of drug-likeness (QED) is 0.846. The Hall–Kier alpha value is -0.570. The number of nitrogens with one attached hydrogen (secondary N) is 1. The smallest absolute Gasteiger partial charge is 0.0519 e. The molecule has 0 saturated heterocycles. The molecule has 3 heteroatoms. The molecule has 0 saturated carbocycles. The van der Waals surface area contributed by atoms with Crippen molar-refractivity contribution in [3.63, 3.8) is 0 Å². The molecule has 0 heterocycles. The molecule has 0 fully saturated rings. The second-order valence-electron chi connectivity index (χ2n) is 4.95. The summed E-state index contributed by atoms with van der Waals surface area (Å²) in [6.45, 7) is 4.48. The fourth-order valence-electron chi connectivity index (χ4n) is 2.97. The second-order valence-corrected chi connectivity index (χ2v) is 5.36. The van der Waals surface area contributed by atoms with Crippen molar-refractivity contribution in [2.24, 2.45) is 0 Å². The van der Waals surface area contributed by atoms with E-state index in [9.17, 15) is 0 Å². The molecule has 1 rings (SSSR count). The van der Waals surface area contributed by atoms with Crippen LogP contribution in [-0.4, -0.2) is 31.6 Å². The maximum Gasteiger partial charge on any atom is 0.0519 e. The van der Waals surface area contributed by atoms with E-state index in [1.165, 1.54) is 5.56 Å². The van der Waals surface area contributed by atoms with Gasteiger partial charge < -0.3 is 10.2 Å². The van der Waals surface area contributed by atoms with Gasteiger partial charge in [0.05, 0.1) is 6.04 Å². The van der Waals surface area contributed by atoms with Crippen molar-refractivity contribution in [1.29, 1.82) is 0 Å². The van der Waals surface area contributed by atoms with Crippen LogP contribution in [0.25, 0.3) is 0 Å². The first-order valence-corrected chi connectivity index (χ1v) is 7.00. The Kier molecular flexibility index (Phi) is 5.64. The molecule has 102 valence electrons. The lowest BCUT2D eigenvalue weighted by Crippen LogP contribution is -2.52. The molecule has 2 nitrogen and oxygen atoms in total. The summed E-state index contributed by atoms with van der Waals surface area (Å²) in [5.74, 6) is 0. The summed E-state index contributed by atoms with van der Waals surface area (Å²) >= 11 is 6.36. The Labute approximate surface area is 116 Å². The zero-order chi connectivity index (χ0) is 13.8. The van der Waals surface area contributed by atoms with E-state index in [2.05, 4.69) is 50.3 Å². The van der Waals surface area contributed by atoms with Crippen LogP contribution in [-0.2, 0) is 0 Å². The highest BCUT2D eigenvalue weighted by Gasteiger charge is 2.38. The number of rotatable bonds is 6. The summed E-state index contributed by atoms with van der Waals surface area (Å²) in [7, 11) is 6.31. The largest absolute Gasteiger partial charge is 0.311 e. The van der Waals surface area contributed by atoms with Gasteiger partial charge in [0.25, 0.3) is 0 Å². The summed E-state index contributed by atoms with van der Waals surface area (Å²) in [5, 5.41) is 4.30. The first kappa shape index (κ1) is 15.5. The Bertz CT molecular complexity index is 373. The van der Waals surface area contributed by atoms with Gasteiger partial charge in [-0.15, -0.1) is 0 Å². The molecular formula is C15H25ClN2. The van der Waals surface area contributed by atoms with Crippen LogP contribution >= 0.6 is 11.6 Å². The van der Waals surface area contributed by atoms with Crippen LogP contribution in [0.15, 0.2) is 24.3 Å². The van der Waals surface area contributed by atoms with Crippen LogP contribution in [0.2, 0.25) is 5.02 Å². The minimum absolute atomic E-state index is 0.0831. The van der Waals surface area contributed by atoms with Crippen molar-refractivity contribution in [2.45, 2.75) is 38.3 Å². The Balaban J connectivity index is 3.27. The average molecular weight is 269 g/mol. The minimum atomic E-state index is 0.0831. The fraction of sp³-hybridized carbons (Fsp3) is 0.600. The zero-order valence-electron chi connectivity index (χ0n) is 12.1. The van der Waals surface area contributed by atoms with Gasteiger partial charge in [-0.2, -0.15) is 0 Å². The normalized spacial score (nSPS) is 13.9. The lowest BCUT2D eigenvalue weighted by molar-refractivity contribution is 0.0918. The lowest BCUT2D eigenvalue weighted by Gasteiger charge is -2.45. The van der Waals surface area contributed by atoms with E-state index in [0.29, 0.717) is 0 Å². The molecule has 0 aromatic heterocycles. The van der Waals surface area contributed by atoms with E-state index in [0.717, 1.165) is 17.9 Å². The number of likely N-dealkylation sites (N-methyl/N-ethyl adjacent to an activating group) is 2. The van der Waals surface area contributed by atoms with E-state index < -0.39 is 0 Å². The van der Waals surface area contributed by atoms with E-state index in [1.54, 1.807) is 0 Å². The molecule has 18 heavy (non-hydrogen) atoms. The predicted octanol–water partition coefficient (Wildman–Crippen LogP) is 3.72. The molecule has 1 aromatic rings. The fourth-order valence-corrected chi connectivity index (χ4v) is 3.22. The van der Waals surface area contributed by atoms with Gasteiger partial charge in [0.15, 0.2) is 0 Å². The highest BCUT2D eigenvalue weighted by Crippen LogP contribution is 2.38. The first-order chi connectivity index (χ1) is 8.53. The van der Waals surface area contributed by atoms with E-state index in [-0.39, 0.29) is 11.6 Å². The van der Waals surface area contributed by atoms with E-state index >= 15 is 0 Å². The van der Waals surface area contributed by atoms with Crippen LogP contribution in [0, 0.1) is 0 Å². The molecule has 1 aromatic carbocycles. The molecule has 0 bridgehead atoms. The SMILES string of the molecule is CCC(CC)(C(NC)c1ccccc1Cl)N(C)C. The highest BCUT2D eigenvalue weighted by molar-refractivity contribution is 6.31. The number of nitrogens with zero attached hydrogens (tertiary/aromatic N) is 1. The molecule has 0 spiro atoms. The van der Waals surface area contributed by atoms with E-state index in [4.69, 9.17) is 11.6 Å².